The van der Waals surface area contributed by atoms with Gasteiger partial charge in [-0.1, -0.05) is 35.8 Å². The maximum atomic E-state index is 9.88. The molecule has 0 aliphatic carbocycles. The molecule has 0 unspecified atom stereocenters. The monoisotopic (exact) mass is 205 g/mol. The molecular weight excluding hydrogens is 187 g/mol. The predicted octanol–water partition coefficient (Wildman–Crippen LogP) is 1.50. The van der Waals surface area contributed by atoms with E-state index in [1.807, 2.05) is 44.2 Å². The summed E-state index contributed by atoms with van der Waals surface area (Å²) in [7, 11) is 1.68. The number of benzene rings is 1. The molecule has 0 spiro atoms. The number of aliphatic hydroxyl groups is 1. The van der Waals surface area contributed by atoms with Crippen molar-refractivity contribution in [3.8, 4) is 0 Å². The van der Waals surface area contributed by atoms with Crippen LogP contribution < -0.4 is 5.46 Å². The van der Waals surface area contributed by atoms with E-state index in [1.54, 1.807) is 21.3 Å². The van der Waals surface area contributed by atoms with Crippen molar-refractivity contribution in [1.29, 1.82) is 0 Å². The van der Waals surface area contributed by atoms with Gasteiger partial charge in [0.1, 0.15) is 0 Å². The van der Waals surface area contributed by atoms with E-state index in [1.165, 1.54) is 0 Å². The van der Waals surface area contributed by atoms with Gasteiger partial charge in [0.15, 0.2) is 0 Å². The van der Waals surface area contributed by atoms with Crippen molar-refractivity contribution < 1.29 is 9.76 Å². The second kappa shape index (κ2) is 4.37. The summed E-state index contributed by atoms with van der Waals surface area (Å²) < 4.78 is 5.60. The van der Waals surface area contributed by atoms with E-state index in [2.05, 4.69) is 0 Å². The minimum atomic E-state index is -0.877. The van der Waals surface area contributed by atoms with E-state index in [-0.39, 0.29) is 0 Å². The van der Waals surface area contributed by atoms with E-state index in [0.717, 1.165) is 5.46 Å². The van der Waals surface area contributed by atoms with Crippen LogP contribution in [0.1, 0.15) is 27.7 Å². The Morgan fingerprint density at radius 3 is 2.07 bits per heavy atom. The molecule has 0 bridgehead atoms. The van der Waals surface area contributed by atoms with Gasteiger partial charge in [-0.2, -0.15) is 0 Å². The summed E-state index contributed by atoms with van der Waals surface area (Å²) in [6.07, 6.45) is 0. The summed E-state index contributed by atoms with van der Waals surface area (Å²) in [5.41, 5.74) is -0.490. The highest BCUT2D eigenvalue weighted by atomic mass is 16.5. The summed E-state index contributed by atoms with van der Waals surface area (Å²) in [4.78, 5) is 0. The summed E-state index contributed by atoms with van der Waals surface area (Å²) >= 11 is 0. The van der Waals surface area contributed by atoms with Crippen molar-refractivity contribution in [1.82, 2.24) is 0 Å². The predicted molar refractivity (Wildman–Crippen MR) is 63.3 cm³/mol. The van der Waals surface area contributed by atoms with Gasteiger partial charge in [0, 0.05) is 0 Å². The minimum absolute atomic E-state index is 0.608. The van der Waals surface area contributed by atoms with E-state index in [0.29, 0.717) is 0 Å². The second-order valence-electron chi connectivity index (χ2n) is 4.72. The molecule has 0 aromatic heterocycles. The molecule has 3 heteroatoms. The van der Waals surface area contributed by atoms with Crippen molar-refractivity contribution in [3.05, 3.63) is 30.3 Å². The largest absolute Gasteiger partial charge is 0.427 e. The van der Waals surface area contributed by atoms with Gasteiger partial charge >= 0.3 is 7.48 Å². The highest BCUT2D eigenvalue weighted by Gasteiger charge is 2.35. The third-order valence-corrected chi connectivity index (χ3v) is 2.76. The van der Waals surface area contributed by atoms with Gasteiger partial charge < -0.3 is 9.76 Å². The van der Waals surface area contributed by atoms with Gasteiger partial charge in [-0.3, -0.25) is 0 Å². The van der Waals surface area contributed by atoms with Gasteiger partial charge in [-0.25, -0.2) is 0 Å². The lowest BCUT2D eigenvalue weighted by Crippen LogP contribution is -2.49. The first-order valence-electron chi connectivity index (χ1n) is 5.11. The van der Waals surface area contributed by atoms with Crippen LogP contribution in [0, 0.1) is 0 Å². The van der Waals surface area contributed by atoms with Crippen LogP contribution in [0.2, 0.25) is 0 Å². The first-order chi connectivity index (χ1) is 6.83. The Morgan fingerprint density at radius 1 is 1.07 bits per heavy atom. The van der Waals surface area contributed by atoms with E-state index < -0.39 is 11.2 Å². The van der Waals surface area contributed by atoms with Crippen LogP contribution in [0.15, 0.2) is 30.3 Å². The van der Waals surface area contributed by atoms with Gasteiger partial charge in [0.25, 0.3) is 0 Å². The maximum absolute atomic E-state index is 9.88. The van der Waals surface area contributed by atoms with Crippen LogP contribution in [0.4, 0.5) is 0 Å². The Morgan fingerprint density at radius 2 is 1.60 bits per heavy atom. The molecule has 0 saturated heterocycles. The molecule has 0 saturated carbocycles. The van der Waals surface area contributed by atoms with E-state index in [4.69, 9.17) is 4.65 Å². The fourth-order valence-electron chi connectivity index (χ4n) is 0.891. The van der Waals surface area contributed by atoms with Crippen LogP contribution in [0.3, 0.4) is 0 Å². The average molecular weight is 205 g/mol. The fourth-order valence-corrected chi connectivity index (χ4v) is 0.891. The summed E-state index contributed by atoms with van der Waals surface area (Å²) in [6.45, 7) is 7.22. The van der Waals surface area contributed by atoms with Crippen LogP contribution in [-0.4, -0.2) is 23.8 Å². The first kappa shape index (κ1) is 12.3. The molecule has 15 heavy (non-hydrogen) atoms. The normalized spacial score (nSPS) is 12.6. The molecule has 81 valence electrons. The Kier molecular flexibility index (Phi) is 3.58. The molecule has 0 aliphatic rings. The molecule has 0 heterocycles. The Bertz CT molecular complexity index is 301. The molecule has 1 aromatic carbocycles. The average Bonchev–Trinajstić information content (AvgIpc) is 2.15. The zero-order valence-electron chi connectivity index (χ0n) is 9.82. The molecule has 1 N–H and O–H groups in total. The van der Waals surface area contributed by atoms with Crippen LogP contribution in [0.5, 0.6) is 0 Å². The third-order valence-electron chi connectivity index (χ3n) is 2.76. The fraction of sp³-hybridized carbons (Fsp3) is 0.500. The molecule has 0 aliphatic heterocycles. The van der Waals surface area contributed by atoms with Gasteiger partial charge in [-0.05, 0) is 27.7 Å². The second-order valence-corrected chi connectivity index (χ2v) is 4.72. The Balaban J connectivity index is 2.58. The summed E-state index contributed by atoms with van der Waals surface area (Å²) in [6, 6.07) is 9.78. The highest BCUT2D eigenvalue weighted by Crippen LogP contribution is 2.24. The quantitative estimate of drug-likeness (QED) is 0.754. The van der Waals surface area contributed by atoms with Crippen LogP contribution in [-0.2, 0) is 4.65 Å². The number of hydrogen-bond donors (Lipinski definition) is 1. The maximum Gasteiger partial charge on any atom is 0.330 e. The van der Waals surface area contributed by atoms with Crippen molar-refractivity contribution in [2.45, 2.75) is 38.9 Å². The van der Waals surface area contributed by atoms with E-state index >= 15 is 0 Å². The molecule has 1 rings (SSSR count). The number of hydrogen-bond acceptors (Lipinski definition) is 2. The third kappa shape index (κ3) is 3.36. The van der Waals surface area contributed by atoms with Crippen LogP contribution >= 0.6 is 0 Å². The summed E-state index contributed by atoms with van der Waals surface area (Å²) in [5, 5.41) is 9.88. The smallest absolute Gasteiger partial charge is 0.330 e. The van der Waals surface area contributed by atoms with Crippen molar-refractivity contribution in [3.63, 3.8) is 0 Å². The standard InChI is InChI=1S/C12H18BO2/c1-11(2,14)12(3,4)15-13-10-8-6-5-7-9-10/h5-9,14H,1-4H3. The lowest BCUT2D eigenvalue weighted by atomic mass is 9.83. The molecule has 1 radical (unpaired) electrons. The van der Waals surface area contributed by atoms with Gasteiger partial charge in [0.05, 0.1) is 11.2 Å². The zero-order valence-corrected chi connectivity index (χ0v) is 9.82. The Labute approximate surface area is 92.6 Å². The number of rotatable bonds is 4. The lowest BCUT2D eigenvalue weighted by Gasteiger charge is -2.37. The van der Waals surface area contributed by atoms with Crippen molar-refractivity contribution in [2.24, 2.45) is 0 Å². The zero-order chi connectivity index (χ0) is 11.5. The molecular formula is C12H18BO2. The molecule has 1 aromatic rings. The van der Waals surface area contributed by atoms with Crippen LogP contribution in [0.25, 0.3) is 0 Å². The molecule has 0 atom stereocenters. The topological polar surface area (TPSA) is 29.5 Å². The minimum Gasteiger partial charge on any atom is -0.427 e. The first-order valence-corrected chi connectivity index (χ1v) is 5.11. The molecule has 0 amide bonds. The van der Waals surface area contributed by atoms with Gasteiger partial charge in [-0.15, -0.1) is 0 Å². The SMILES string of the molecule is CC(C)(O)C(C)(C)O[B]c1ccccc1. The molecule has 2 nitrogen and oxygen atoms in total. The molecule has 0 fully saturated rings. The van der Waals surface area contributed by atoms with Gasteiger partial charge in [0.2, 0.25) is 0 Å². The van der Waals surface area contributed by atoms with Crippen molar-refractivity contribution in [2.75, 3.05) is 0 Å². The highest BCUT2D eigenvalue weighted by molar-refractivity contribution is 6.47. The van der Waals surface area contributed by atoms with E-state index in [9.17, 15) is 5.11 Å². The lowest BCUT2D eigenvalue weighted by molar-refractivity contribution is -0.0893. The van der Waals surface area contributed by atoms with Crippen molar-refractivity contribution >= 4 is 12.9 Å². The summed E-state index contributed by atoms with van der Waals surface area (Å²) in [5.74, 6) is 0. The Hall–Kier alpha value is -0.795.